The van der Waals surface area contributed by atoms with Gasteiger partial charge < -0.3 is 4.74 Å². The molecule has 1 aromatic carbocycles. The topological polar surface area (TPSA) is 104 Å². The van der Waals surface area contributed by atoms with E-state index < -0.39 is 28.5 Å². The predicted molar refractivity (Wildman–Crippen MR) is 83.2 cm³/mol. The van der Waals surface area contributed by atoms with E-state index in [2.05, 4.69) is 0 Å². The van der Waals surface area contributed by atoms with Crippen molar-refractivity contribution in [3.05, 3.63) is 47.5 Å². The molecule has 1 aliphatic carbocycles. The molecule has 0 radical (unpaired) electrons. The summed E-state index contributed by atoms with van der Waals surface area (Å²) in [4.78, 5) is 0. The minimum Gasteiger partial charge on any atom is -0.360 e. The third-order valence-electron chi connectivity index (χ3n) is 5.29. The van der Waals surface area contributed by atoms with Crippen LogP contribution in [0.4, 0.5) is 0 Å². The molecule has 1 aromatic rings. The van der Waals surface area contributed by atoms with Gasteiger partial charge in [0, 0.05) is 5.92 Å². The van der Waals surface area contributed by atoms with Gasteiger partial charge in [-0.15, -0.1) is 0 Å². The first-order valence-electron chi connectivity index (χ1n) is 7.52. The molecule has 24 heavy (non-hydrogen) atoms. The van der Waals surface area contributed by atoms with Crippen molar-refractivity contribution < 1.29 is 4.74 Å². The minimum absolute atomic E-state index is 0.560. The summed E-state index contributed by atoms with van der Waals surface area (Å²) in [7, 11) is 0. The first-order chi connectivity index (χ1) is 11.4. The van der Waals surface area contributed by atoms with E-state index in [1.165, 1.54) is 0 Å². The molecule has 0 amide bonds. The first-order valence-corrected chi connectivity index (χ1v) is 7.52. The SMILES string of the molecule is CC1=C[C@@]2(C)O[C@@H](c3ccccc3)[C@@H]1C(C#N)(C#N)C2(C#N)C#N. The average molecular weight is 314 g/mol. The molecule has 0 unspecified atom stereocenters. The molecule has 1 saturated heterocycles. The van der Waals surface area contributed by atoms with Crippen LogP contribution < -0.4 is 0 Å². The molecule has 116 valence electrons. The normalized spacial score (nSPS) is 31.7. The minimum atomic E-state index is -1.89. The largest absolute Gasteiger partial charge is 0.360 e. The fourth-order valence-corrected chi connectivity index (χ4v) is 4.18. The molecular formula is C19H14N4O. The quantitative estimate of drug-likeness (QED) is 0.740. The van der Waals surface area contributed by atoms with Crippen LogP contribution in [0.2, 0.25) is 0 Å². The smallest absolute Gasteiger partial charge is 0.207 e. The zero-order valence-corrected chi connectivity index (χ0v) is 13.3. The van der Waals surface area contributed by atoms with Crippen LogP contribution in [-0.4, -0.2) is 5.60 Å². The van der Waals surface area contributed by atoms with E-state index in [1.54, 1.807) is 13.0 Å². The summed E-state index contributed by atoms with van der Waals surface area (Å²) >= 11 is 0. The Labute approximate surface area is 140 Å². The average Bonchev–Trinajstić information content (AvgIpc) is 2.60. The fraction of sp³-hybridized carbons (Fsp3) is 0.368. The van der Waals surface area contributed by atoms with E-state index in [4.69, 9.17) is 4.74 Å². The van der Waals surface area contributed by atoms with Crippen LogP contribution in [0.5, 0.6) is 0 Å². The lowest BCUT2D eigenvalue weighted by molar-refractivity contribution is -0.203. The Morgan fingerprint density at radius 2 is 1.54 bits per heavy atom. The molecule has 1 fully saturated rings. The van der Waals surface area contributed by atoms with Gasteiger partial charge in [0.15, 0.2) is 5.41 Å². The Bertz CT molecular complexity index is 863. The molecule has 0 N–H and O–H groups in total. The van der Waals surface area contributed by atoms with Gasteiger partial charge >= 0.3 is 0 Å². The zero-order chi connectivity index (χ0) is 17.6. The van der Waals surface area contributed by atoms with Gasteiger partial charge in [0.25, 0.3) is 0 Å². The van der Waals surface area contributed by atoms with E-state index in [-0.39, 0.29) is 0 Å². The monoisotopic (exact) mass is 314 g/mol. The maximum Gasteiger partial charge on any atom is 0.207 e. The Balaban J connectivity index is 2.35. The number of hydrogen-bond acceptors (Lipinski definition) is 5. The summed E-state index contributed by atoms with van der Waals surface area (Å²) < 4.78 is 6.16. The highest BCUT2D eigenvalue weighted by molar-refractivity contribution is 5.51. The maximum atomic E-state index is 9.90. The molecule has 3 atom stereocenters. The summed E-state index contributed by atoms with van der Waals surface area (Å²) in [6.07, 6.45) is 1.16. The van der Waals surface area contributed by atoms with Crippen molar-refractivity contribution in [2.45, 2.75) is 25.6 Å². The van der Waals surface area contributed by atoms with Crippen LogP contribution in [-0.2, 0) is 4.74 Å². The van der Waals surface area contributed by atoms with Gasteiger partial charge in [0.05, 0.1) is 30.4 Å². The Morgan fingerprint density at radius 3 is 2.04 bits per heavy atom. The van der Waals surface area contributed by atoms with Crippen LogP contribution in [0.1, 0.15) is 25.5 Å². The van der Waals surface area contributed by atoms with E-state index in [9.17, 15) is 21.0 Å². The number of hydrogen-bond donors (Lipinski definition) is 0. The second-order valence-corrected chi connectivity index (χ2v) is 6.43. The summed E-state index contributed by atoms with van der Waals surface area (Å²) in [5.74, 6) is -0.684. The molecule has 2 heterocycles. The van der Waals surface area contributed by atoms with Crippen molar-refractivity contribution in [1.29, 1.82) is 21.0 Å². The van der Waals surface area contributed by atoms with Crippen molar-refractivity contribution in [3.8, 4) is 24.3 Å². The van der Waals surface area contributed by atoms with E-state index in [0.29, 0.717) is 0 Å². The van der Waals surface area contributed by atoms with Gasteiger partial charge in [-0.2, -0.15) is 21.0 Å². The summed E-state index contributed by atoms with van der Waals surface area (Å²) in [5.41, 5.74) is -3.43. The van der Waals surface area contributed by atoms with Crippen molar-refractivity contribution in [3.63, 3.8) is 0 Å². The van der Waals surface area contributed by atoms with Crippen LogP contribution >= 0.6 is 0 Å². The van der Waals surface area contributed by atoms with E-state index in [1.807, 2.05) is 61.5 Å². The molecule has 5 nitrogen and oxygen atoms in total. The molecule has 0 spiro atoms. The van der Waals surface area contributed by atoms with Gasteiger partial charge in [-0.05, 0) is 19.4 Å². The zero-order valence-electron chi connectivity index (χ0n) is 13.3. The summed E-state index contributed by atoms with van der Waals surface area (Å²) in [5, 5.41) is 39.4. The summed E-state index contributed by atoms with van der Waals surface area (Å²) in [6, 6.07) is 17.2. The Kier molecular flexibility index (Phi) is 3.24. The molecule has 2 bridgehead atoms. The highest BCUT2D eigenvalue weighted by atomic mass is 16.5. The summed E-state index contributed by atoms with van der Waals surface area (Å²) in [6.45, 7) is 3.43. The highest BCUT2D eigenvalue weighted by Crippen LogP contribution is 2.66. The lowest BCUT2D eigenvalue weighted by Crippen LogP contribution is -2.66. The lowest BCUT2D eigenvalue weighted by Gasteiger charge is -2.58. The number of nitrogens with zero attached hydrogens (tertiary/aromatic N) is 4. The van der Waals surface area contributed by atoms with Crippen LogP contribution in [0.15, 0.2) is 42.0 Å². The molecule has 3 aliphatic rings. The van der Waals surface area contributed by atoms with Gasteiger partial charge in [0.1, 0.15) is 5.60 Å². The Hall–Kier alpha value is -3.12. The third-order valence-corrected chi connectivity index (χ3v) is 5.29. The van der Waals surface area contributed by atoms with Gasteiger partial charge in [0.2, 0.25) is 5.41 Å². The molecule has 2 aliphatic heterocycles. The number of nitriles is 4. The second-order valence-electron chi connectivity index (χ2n) is 6.43. The molecule has 0 saturated carbocycles. The van der Waals surface area contributed by atoms with Crippen molar-refractivity contribution in [1.82, 2.24) is 0 Å². The van der Waals surface area contributed by atoms with Gasteiger partial charge in [-0.25, -0.2) is 0 Å². The van der Waals surface area contributed by atoms with Crippen LogP contribution in [0.3, 0.4) is 0 Å². The van der Waals surface area contributed by atoms with Gasteiger partial charge in [-0.1, -0.05) is 42.0 Å². The molecule has 5 heteroatoms. The predicted octanol–water partition coefficient (Wildman–Crippen LogP) is 3.16. The fourth-order valence-electron chi connectivity index (χ4n) is 4.18. The van der Waals surface area contributed by atoms with Gasteiger partial charge in [-0.3, -0.25) is 0 Å². The standard InChI is InChI=1S/C19H14N4O/c1-13-8-17(2)19(11-22,12-23)18(9-20,10-21)15(13)16(24-17)14-6-4-3-5-7-14/h3-8,15-16H,1-2H3/t15-,16+,17-/m1/s1. The number of ether oxygens (including phenoxy) is 1. The number of benzene rings is 1. The molecule has 0 aromatic heterocycles. The number of fused-ring (bicyclic) bond motifs is 2. The van der Waals surface area contributed by atoms with Crippen molar-refractivity contribution >= 4 is 0 Å². The van der Waals surface area contributed by atoms with Crippen molar-refractivity contribution in [2.75, 3.05) is 0 Å². The first kappa shape index (κ1) is 15.8. The number of rotatable bonds is 1. The third kappa shape index (κ3) is 1.53. The highest BCUT2D eigenvalue weighted by Gasteiger charge is 2.75. The van der Waals surface area contributed by atoms with Crippen molar-refractivity contribution in [2.24, 2.45) is 16.7 Å². The lowest BCUT2D eigenvalue weighted by atomic mass is 9.45. The second kappa shape index (κ2) is 4.94. The molecule has 4 rings (SSSR count). The van der Waals surface area contributed by atoms with E-state index in [0.717, 1.165) is 11.1 Å². The molecular weight excluding hydrogens is 300 g/mol. The van der Waals surface area contributed by atoms with E-state index >= 15 is 0 Å². The Morgan fingerprint density at radius 1 is 0.958 bits per heavy atom. The maximum absolute atomic E-state index is 9.90. The van der Waals surface area contributed by atoms with Crippen LogP contribution in [0, 0.1) is 62.1 Å². The van der Waals surface area contributed by atoms with Crippen LogP contribution in [0.25, 0.3) is 0 Å².